The molecule has 0 spiro atoms. The summed E-state index contributed by atoms with van der Waals surface area (Å²) >= 11 is 13.1. The highest BCUT2D eigenvalue weighted by Crippen LogP contribution is 2.39. The van der Waals surface area contributed by atoms with Crippen molar-refractivity contribution < 1.29 is 23.9 Å². The molecule has 0 radical (unpaired) electrons. The normalized spacial score (nSPS) is 12.4. The highest BCUT2D eigenvalue weighted by molar-refractivity contribution is 7.17. The minimum absolute atomic E-state index is 0.0716. The number of benzene rings is 1. The van der Waals surface area contributed by atoms with Crippen molar-refractivity contribution in [2.24, 2.45) is 0 Å². The van der Waals surface area contributed by atoms with Crippen LogP contribution in [-0.2, 0) is 27.1 Å². The molecule has 9 heteroatoms. The molecule has 0 atom stereocenters. The molecule has 1 amide bonds. The van der Waals surface area contributed by atoms with Gasteiger partial charge in [-0.2, -0.15) is 0 Å². The Morgan fingerprint density at radius 3 is 2.70 bits per heavy atom. The molecule has 1 aliphatic rings. The van der Waals surface area contributed by atoms with E-state index in [0.717, 1.165) is 29.7 Å². The predicted octanol–water partition coefficient (Wildman–Crippen LogP) is 4.13. The van der Waals surface area contributed by atoms with Gasteiger partial charge in [0, 0.05) is 9.90 Å². The Kier molecular flexibility index (Phi) is 6.04. The van der Waals surface area contributed by atoms with E-state index in [4.69, 9.17) is 32.7 Å². The number of hydrogen-bond donors (Lipinski definition) is 1. The van der Waals surface area contributed by atoms with Crippen molar-refractivity contribution in [3.05, 3.63) is 49.8 Å². The molecular weight excluding hydrogens is 413 g/mol. The van der Waals surface area contributed by atoms with Gasteiger partial charge in [0.2, 0.25) is 0 Å². The maximum Gasteiger partial charge on any atom is 0.341 e. The number of anilines is 1. The third-order valence-electron chi connectivity index (χ3n) is 4.05. The highest BCUT2D eigenvalue weighted by atomic mass is 35.5. The number of ether oxygens (including phenoxy) is 2. The van der Waals surface area contributed by atoms with Crippen molar-refractivity contribution in [3.63, 3.8) is 0 Å². The number of thiophene rings is 1. The minimum Gasteiger partial charge on any atom is -0.465 e. The van der Waals surface area contributed by atoms with E-state index in [2.05, 4.69) is 5.32 Å². The van der Waals surface area contributed by atoms with Crippen molar-refractivity contribution in [1.29, 1.82) is 0 Å². The van der Waals surface area contributed by atoms with Crippen LogP contribution in [0.2, 0.25) is 10.0 Å². The lowest BCUT2D eigenvalue weighted by atomic mass is 10.1. The number of rotatable bonds is 5. The summed E-state index contributed by atoms with van der Waals surface area (Å²) < 4.78 is 9.82. The van der Waals surface area contributed by atoms with Crippen molar-refractivity contribution in [1.82, 2.24) is 0 Å². The smallest absolute Gasteiger partial charge is 0.341 e. The van der Waals surface area contributed by atoms with Gasteiger partial charge in [-0.15, -0.1) is 11.3 Å². The van der Waals surface area contributed by atoms with Crippen LogP contribution in [0.15, 0.2) is 18.2 Å². The van der Waals surface area contributed by atoms with Gasteiger partial charge in [-0.05, 0) is 43.0 Å². The molecule has 3 rings (SSSR count). The molecule has 0 saturated heterocycles. The molecule has 1 heterocycles. The molecule has 1 aromatic heterocycles. The number of carbonyl (C=O) groups is 3. The Labute approximate surface area is 169 Å². The maximum absolute atomic E-state index is 12.2. The van der Waals surface area contributed by atoms with E-state index in [1.165, 1.54) is 36.6 Å². The number of fused-ring (bicyclic) bond motifs is 1. The van der Waals surface area contributed by atoms with Crippen molar-refractivity contribution in [2.45, 2.75) is 19.3 Å². The summed E-state index contributed by atoms with van der Waals surface area (Å²) in [6, 6.07) is 4.37. The van der Waals surface area contributed by atoms with Gasteiger partial charge in [-0.25, -0.2) is 9.59 Å². The Balaban J connectivity index is 1.67. The molecule has 1 N–H and O–H groups in total. The molecule has 0 bridgehead atoms. The van der Waals surface area contributed by atoms with Crippen LogP contribution in [0.3, 0.4) is 0 Å². The van der Waals surface area contributed by atoms with Crippen LogP contribution in [0.5, 0.6) is 0 Å². The summed E-state index contributed by atoms with van der Waals surface area (Å²) in [5, 5.41) is 3.54. The summed E-state index contributed by atoms with van der Waals surface area (Å²) in [5.41, 5.74) is 1.37. The zero-order chi connectivity index (χ0) is 19.6. The van der Waals surface area contributed by atoms with E-state index >= 15 is 0 Å². The topological polar surface area (TPSA) is 81.7 Å². The predicted molar refractivity (Wildman–Crippen MR) is 103 cm³/mol. The fourth-order valence-electron chi connectivity index (χ4n) is 2.84. The summed E-state index contributed by atoms with van der Waals surface area (Å²) in [6.45, 7) is -0.523. The zero-order valence-corrected chi connectivity index (χ0v) is 16.6. The number of halogens is 2. The average molecular weight is 428 g/mol. The van der Waals surface area contributed by atoms with E-state index in [9.17, 15) is 14.4 Å². The number of carbonyl (C=O) groups excluding carboxylic acids is 3. The number of methoxy groups -OCH3 is 1. The molecule has 1 aliphatic carbocycles. The van der Waals surface area contributed by atoms with Gasteiger partial charge in [-0.1, -0.05) is 23.2 Å². The second-order valence-electron chi connectivity index (χ2n) is 5.80. The van der Waals surface area contributed by atoms with Crippen LogP contribution < -0.4 is 5.32 Å². The minimum atomic E-state index is -0.764. The number of hydrogen-bond acceptors (Lipinski definition) is 6. The second kappa shape index (κ2) is 8.29. The Bertz CT molecular complexity index is 925. The molecule has 2 aromatic rings. The van der Waals surface area contributed by atoms with Crippen LogP contribution in [0, 0.1) is 0 Å². The number of nitrogens with one attached hydrogen (secondary N) is 1. The molecule has 0 unspecified atom stereocenters. The largest absolute Gasteiger partial charge is 0.465 e. The first kappa shape index (κ1) is 19.7. The van der Waals surface area contributed by atoms with E-state index in [0.29, 0.717) is 15.6 Å². The first-order chi connectivity index (χ1) is 12.9. The molecular formula is C18H15Cl2NO5S. The number of esters is 2. The van der Waals surface area contributed by atoms with Gasteiger partial charge in [0.1, 0.15) is 5.00 Å². The molecule has 1 aromatic carbocycles. The summed E-state index contributed by atoms with van der Waals surface area (Å²) in [5.74, 6) is -1.82. The lowest BCUT2D eigenvalue weighted by molar-refractivity contribution is -0.119. The highest BCUT2D eigenvalue weighted by Gasteiger charge is 2.28. The van der Waals surface area contributed by atoms with E-state index in [-0.39, 0.29) is 10.6 Å². The third kappa shape index (κ3) is 4.26. The monoisotopic (exact) mass is 427 g/mol. The summed E-state index contributed by atoms with van der Waals surface area (Å²) in [7, 11) is 1.30. The molecule has 6 nitrogen and oxygen atoms in total. The average Bonchev–Trinajstić information content (AvgIpc) is 3.21. The fourth-order valence-corrected chi connectivity index (χ4v) is 4.50. The van der Waals surface area contributed by atoms with Crippen LogP contribution in [0.4, 0.5) is 5.00 Å². The first-order valence-electron chi connectivity index (χ1n) is 8.05. The molecule has 27 heavy (non-hydrogen) atoms. The molecule has 0 aliphatic heterocycles. The maximum atomic E-state index is 12.2. The van der Waals surface area contributed by atoms with Gasteiger partial charge < -0.3 is 14.8 Å². The van der Waals surface area contributed by atoms with Crippen molar-refractivity contribution >= 4 is 57.4 Å². The number of amides is 1. The van der Waals surface area contributed by atoms with Gasteiger partial charge in [0.15, 0.2) is 6.61 Å². The van der Waals surface area contributed by atoms with Crippen LogP contribution in [0.25, 0.3) is 0 Å². The first-order valence-corrected chi connectivity index (χ1v) is 9.62. The Morgan fingerprint density at radius 1 is 1.19 bits per heavy atom. The fraction of sp³-hybridized carbons (Fsp3) is 0.278. The number of aryl methyl sites for hydroxylation is 1. The molecule has 142 valence electrons. The quantitative estimate of drug-likeness (QED) is 0.725. The van der Waals surface area contributed by atoms with Gasteiger partial charge >= 0.3 is 11.9 Å². The molecule has 0 fully saturated rings. The summed E-state index contributed by atoms with van der Waals surface area (Å²) in [6.07, 6.45) is 2.61. The Morgan fingerprint density at radius 2 is 1.96 bits per heavy atom. The SMILES string of the molecule is COC(=O)c1c(NC(=O)COC(=O)c2cc(Cl)ccc2Cl)sc2c1CCC2. The van der Waals surface area contributed by atoms with Crippen LogP contribution >= 0.6 is 34.5 Å². The van der Waals surface area contributed by atoms with E-state index in [1.807, 2.05) is 0 Å². The third-order valence-corrected chi connectivity index (χ3v) is 5.82. The Hall–Kier alpha value is -2.09. The van der Waals surface area contributed by atoms with Gasteiger partial charge in [0.05, 0.1) is 23.3 Å². The standard InChI is InChI=1S/C18H15Cl2NO5S/c1-25-18(24)15-10-3-2-4-13(10)27-16(15)21-14(22)8-26-17(23)11-7-9(19)5-6-12(11)20/h5-7H,2-4,8H2,1H3,(H,21,22). The lowest BCUT2D eigenvalue weighted by Crippen LogP contribution is -2.22. The lowest BCUT2D eigenvalue weighted by Gasteiger charge is -2.08. The second-order valence-corrected chi connectivity index (χ2v) is 7.75. The van der Waals surface area contributed by atoms with Crippen molar-refractivity contribution in [2.75, 3.05) is 19.0 Å². The van der Waals surface area contributed by atoms with Crippen LogP contribution in [0.1, 0.15) is 37.6 Å². The zero-order valence-electron chi connectivity index (χ0n) is 14.3. The molecule has 0 saturated carbocycles. The van der Waals surface area contributed by atoms with Crippen LogP contribution in [-0.4, -0.2) is 31.6 Å². The van der Waals surface area contributed by atoms with Crippen molar-refractivity contribution in [3.8, 4) is 0 Å². The van der Waals surface area contributed by atoms with Gasteiger partial charge in [0.25, 0.3) is 5.91 Å². The van der Waals surface area contributed by atoms with Gasteiger partial charge in [-0.3, -0.25) is 4.79 Å². The van der Waals surface area contributed by atoms with E-state index in [1.54, 1.807) is 0 Å². The summed E-state index contributed by atoms with van der Waals surface area (Å²) in [4.78, 5) is 37.4. The van der Waals surface area contributed by atoms with E-state index < -0.39 is 24.5 Å².